The molecule has 1 heterocycles. The van der Waals surface area contributed by atoms with E-state index in [1.54, 1.807) is 0 Å². The molecule has 1 aromatic rings. The van der Waals surface area contributed by atoms with Crippen molar-refractivity contribution in [2.24, 2.45) is 0 Å². The average molecular weight is 211 g/mol. The van der Waals surface area contributed by atoms with E-state index in [-0.39, 0.29) is 5.69 Å². The van der Waals surface area contributed by atoms with Crippen LogP contribution in [0.1, 0.15) is 10.5 Å². The van der Waals surface area contributed by atoms with Crippen LogP contribution >= 0.6 is 0 Å². The smallest absolute Gasteiger partial charge is 0.323 e. The molecule has 80 valence electrons. The Morgan fingerprint density at radius 1 is 1.53 bits per heavy atom. The van der Waals surface area contributed by atoms with Gasteiger partial charge in [-0.25, -0.2) is 5.10 Å². The fourth-order valence-corrected chi connectivity index (χ4v) is 0.934. The van der Waals surface area contributed by atoms with Gasteiger partial charge >= 0.3 is 5.97 Å². The van der Waals surface area contributed by atoms with Crippen LogP contribution in [0.5, 0.6) is 0 Å². The fraction of sp³-hybridized carbons (Fsp3) is 0.250. The minimum absolute atomic E-state index is 0.00153. The first-order chi connectivity index (χ1) is 7.00. The van der Waals surface area contributed by atoms with Crippen molar-refractivity contribution in [3.05, 3.63) is 28.2 Å². The van der Waals surface area contributed by atoms with Gasteiger partial charge in [0, 0.05) is 13.1 Å². The lowest BCUT2D eigenvalue weighted by Crippen LogP contribution is -2.33. The van der Waals surface area contributed by atoms with Crippen LogP contribution in [-0.2, 0) is 4.79 Å². The number of amides is 1. The largest absolute Gasteiger partial charge is 0.480 e. The van der Waals surface area contributed by atoms with E-state index < -0.39 is 24.0 Å². The molecular formula is C8H9N3O4. The number of aliphatic carboxylic acids is 1. The zero-order valence-electron chi connectivity index (χ0n) is 7.93. The molecule has 0 fully saturated rings. The molecule has 0 aliphatic heterocycles. The molecule has 1 aromatic heterocycles. The molecule has 0 aromatic carbocycles. The number of aromatic amines is 1. The third kappa shape index (κ3) is 2.90. The number of rotatable bonds is 3. The zero-order valence-corrected chi connectivity index (χ0v) is 7.93. The molecule has 0 saturated carbocycles. The number of H-pyrrole nitrogens is 1. The maximum absolute atomic E-state index is 11.5. The third-order valence-corrected chi connectivity index (χ3v) is 1.62. The van der Waals surface area contributed by atoms with Gasteiger partial charge in [-0.2, -0.15) is 5.10 Å². The van der Waals surface area contributed by atoms with E-state index in [2.05, 4.69) is 10.2 Å². The predicted octanol–water partition coefficient (Wildman–Crippen LogP) is -1.07. The molecule has 0 radical (unpaired) electrons. The SMILES string of the molecule is CN(CC(=O)O)C(=O)c1ccc(=O)[nH]n1. The fourth-order valence-electron chi connectivity index (χ4n) is 0.934. The van der Waals surface area contributed by atoms with Gasteiger partial charge in [0.25, 0.3) is 11.5 Å². The molecule has 15 heavy (non-hydrogen) atoms. The first-order valence-corrected chi connectivity index (χ1v) is 4.03. The van der Waals surface area contributed by atoms with E-state index in [0.29, 0.717) is 0 Å². The van der Waals surface area contributed by atoms with Crippen LogP contribution in [0.3, 0.4) is 0 Å². The van der Waals surface area contributed by atoms with Gasteiger partial charge in [-0.3, -0.25) is 14.4 Å². The number of carboxylic acid groups (broad SMARTS) is 1. The van der Waals surface area contributed by atoms with Crippen LogP contribution < -0.4 is 5.56 Å². The van der Waals surface area contributed by atoms with Crippen molar-refractivity contribution in [2.45, 2.75) is 0 Å². The Morgan fingerprint density at radius 2 is 2.20 bits per heavy atom. The van der Waals surface area contributed by atoms with E-state index in [9.17, 15) is 14.4 Å². The van der Waals surface area contributed by atoms with Crippen molar-refractivity contribution in [3.63, 3.8) is 0 Å². The Labute approximate surface area is 84.3 Å². The monoisotopic (exact) mass is 211 g/mol. The molecule has 1 amide bonds. The Morgan fingerprint density at radius 3 is 2.67 bits per heavy atom. The van der Waals surface area contributed by atoms with E-state index in [4.69, 9.17) is 5.11 Å². The predicted molar refractivity (Wildman–Crippen MR) is 49.5 cm³/mol. The van der Waals surface area contributed by atoms with Crippen LogP contribution in [0.15, 0.2) is 16.9 Å². The molecule has 1 rings (SSSR count). The van der Waals surface area contributed by atoms with Gasteiger partial charge in [-0.05, 0) is 6.07 Å². The quantitative estimate of drug-likeness (QED) is 0.662. The molecule has 0 atom stereocenters. The molecule has 2 N–H and O–H groups in total. The summed E-state index contributed by atoms with van der Waals surface area (Å²) < 4.78 is 0. The summed E-state index contributed by atoms with van der Waals surface area (Å²) in [5, 5.41) is 14.0. The minimum Gasteiger partial charge on any atom is -0.480 e. The average Bonchev–Trinajstić information content (AvgIpc) is 2.17. The second-order valence-electron chi connectivity index (χ2n) is 2.86. The number of hydrogen-bond acceptors (Lipinski definition) is 4. The standard InChI is InChI=1S/C8H9N3O4/c1-11(4-7(13)14)8(15)5-2-3-6(12)10-9-5/h2-3H,4H2,1H3,(H,10,12)(H,13,14). The first-order valence-electron chi connectivity index (χ1n) is 4.03. The van der Waals surface area contributed by atoms with Crippen molar-refractivity contribution in [1.82, 2.24) is 15.1 Å². The summed E-state index contributed by atoms with van der Waals surface area (Å²) in [7, 11) is 1.34. The maximum atomic E-state index is 11.5. The van der Waals surface area contributed by atoms with Crippen molar-refractivity contribution in [3.8, 4) is 0 Å². The van der Waals surface area contributed by atoms with Crippen molar-refractivity contribution in [1.29, 1.82) is 0 Å². The third-order valence-electron chi connectivity index (χ3n) is 1.62. The van der Waals surface area contributed by atoms with E-state index >= 15 is 0 Å². The Hall–Kier alpha value is -2.18. The summed E-state index contributed by atoms with van der Waals surface area (Å²) in [5.41, 5.74) is -0.425. The molecule has 7 nitrogen and oxygen atoms in total. The van der Waals surface area contributed by atoms with E-state index in [1.807, 2.05) is 0 Å². The zero-order chi connectivity index (χ0) is 11.4. The van der Waals surface area contributed by atoms with Gasteiger partial charge in [-0.1, -0.05) is 0 Å². The Kier molecular flexibility index (Phi) is 3.17. The van der Waals surface area contributed by atoms with E-state index in [0.717, 1.165) is 11.0 Å². The van der Waals surface area contributed by atoms with Crippen molar-refractivity contribution in [2.75, 3.05) is 13.6 Å². The first kappa shape index (κ1) is 10.9. The topological polar surface area (TPSA) is 103 Å². The number of nitrogens with zero attached hydrogens (tertiary/aromatic N) is 2. The minimum atomic E-state index is -1.12. The highest BCUT2D eigenvalue weighted by atomic mass is 16.4. The van der Waals surface area contributed by atoms with E-state index in [1.165, 1.54) is 13.1 Å². The second-order valence-corrected chi connectivity index (χ2v) is 2.86. The second kappa shape index (κ2) is 4.36. The van der Waals surface area contributed by atoms with Gasteiger partial charge in [0.05, 0.1) is 0 Å². The summed E-state index contributed by atoms with van der Waals surface area (Å²) >= 11 is 0. The van der Waals surface area contributed by atoms with Crippen molar-refractivity contribution >= 4 is 11.9 Å². The molecule has 0 saturated heterocycles. The Bertz CT molecular complexity index is 419. The summed E-state index contributed by atoms with van der Waals surface area (Å²) in [6, 6.07) is 2.38. The summed E-state index contributed by atoms with van der Waals surface area (Å²) in [6.07, 6.45) is 0. The van der Waals surface area contributed by atoms with Crippen LogP contribution in [-0.4, -0.2) is 45.7 Å². The van der Waals surface area contributed by atoms with Gasteiger partial charge in [0.15, 0.2) is 0 Å². The number of carbonyl (C=O) groups is 2. The lowest BCUT2D eigenvalue weighted by molar-refractivity contribution is -0.137. The van der Waals surface area contributed by atoms with Gasteiger partial charge < -0.3 is 10.0 Å². The van der Waals surface area contributed by atoms with Crippen LogP contribution in [0.4, 0.5) is 0 Å². The maximum Gasteiger partial charge on any atom is 0.323 e. The van der Waals surface area contributed by atoms with Gasteiger partial charge in [0.1, 0.15) is 12.2 Å². The van der Waals surface area contributed by atoms with Gasteiger partial charge in [-0.15, -0.1) is 0 Å². The number of likely N-dealkylation sites (N-methyl/N-ethyl adjacent to an activating group) is 1. The number of hydrogen-bond donors (Lipinski definition) is 2. The summed E-state index contributed by atoms with van der Waals surface area (Å²) in [5.74, 6) is -1.68. The highest BCUT2D eigenvalue weighted by Gasteiger charge is 2.15. The van der Waals surface area contributed by atoms with Gasteiger partial charge in [0.2, 0.25) is 0 Å². The number of carbonyl (C=O) groups excluding carboxylic acids is 1. The van der Waals surface area contributed by atoms with Crippen LogP contribution in [0.25, 0.3) is 0 Å². The molecule has 0 bridgehead atoms. The molecule has 0 aliphatic rings. The number of nitrogens with one attached hydrogen (secondary N) is 1. The molecule has 7 heteroatoms. The molecule has 0 unspecified atom stereocenters. The lowest BCUT2D eigenvalue weighted by Gasteiger charge is -2.12. The summed E-state index contributed by atoms with van der Waals surface area (Å²) in [4.78, 5) is 33.4. The van der Waals surface area contributed by atoms with Crippen LogP contribution in [0, 0.1) is 0 Å². The summed E-state index contributed by atoms with van der Waals surface area (Å²) in [6.45, 7) is -0.417. The highest BCUT2D eigenvalue weighted by molar-refractivity contribution is 5.93. The lowest BCUT2D eigenvalue weighted by atomic mass is 10.3. The highest BCUT2D eigenvalue weighted by Crippen LogP contribution is 1.95. The Balaban J connectivity index is 2.80. The molecule has 0 spiro atoms. The van der Waals surface area contributed by atoms with Crippen molar-refractivity contribution < 1.29 is 14.7 Å². The number of carboxylic acids is 1. The molecule has 0 aliphatic carbocycles. The normalized spacial score (nSPS) is 9.67. The number of aromatic nitrogens is 2. The molecular weight excluding hydrogens is 202 g/mol. The van der Waals surface area contributed by atoms with Crippen LogP contribution in [0.2, 0.25) is 0 Å².